The Hall–Kier alpha value is -4.02. The number of carbonyl (C=O) groups excluding carboxylic acids is 2. The molecule has 48 heavy (non-hydrogen) atoms. The zero-order valence-corrected chi connectivity index (χ0v) is 28.5. The number of halogens is 2. The van der Waals surface area contributed by atoms with E-state index in [1.54, 1.807) is 7.11 Å². The Labute approximate surface area is 290 Å². The molecule has 11 heteroatoms. The van der Waals surface area contributed by atoms with Crippen molar-refractivity contribution in [1.29, 1.82) is 0 Å². The molecule has 3 atom stereocenters. The lowest BCUT2D eigenvalue weighted by Gasteiger charge is -2.16. The number of aryl methyl sites for hydroxylation is 1. The molecule has 2 saturated heterocycles. The Kier molecular flexibility index (Phi) is 9.13. The highest BCUT2D eigenvalue weighted by Crippen LogP contribution is 2.44. The molecule has 4 heterocycles. The summed E-state index contributed by atoms with van der Waals surface area (Å²) in [6.45, 7) is 4.01. The van der Waals surface area contributed by atoms with Crippen LogP contribution in [0.5, 0.6) is 5.88 Å². The second-order valence-electron chi connectivity index (χ2n) is 13.0. The van der Waals surface area contributed by atoms with E-state index in [1.807, 2.05) is 54.7 Å². The number of methoxy groups -OCH3 is 1. The molecular weight excluding hydrogens is 647 g/mol. The Morgan fingerprint density at radius 1 is 0.917 bits per heavy atom. The van der Waals surface area contributed by atoms with Crippen molar-refractivity contribution in [3.63, 3.8) is 0 Å². The van der Waals surface area contributed by atoms with Crippen molar-refractivity contribution in [2.45, 2.75) is 69.7 Å². The number of benzene rings is 2. The summed E-state index contributed by atoms with van der Waals surface area (Å²) in [6.07, 6.45) is 5.82. The van der Waals surface area contributed by atoms with Gasteiger partial charge in [-0.05, 0) is 49.4 Å². The Morgan fingerprint density at radius 2 is 1.65 bits per heavy atom. The summed E-state index contributed by atoms with van der Waals surface area (Å²) < 4.78 is 5.65. The minimum absolute atomic E-state index is 0.0509. The van der Waals surface area contributed by atoms with Crippen LogP contribution >= 0.6 is 23.2 Å². The van der Waals surface area contributed by atoms with Gasteiger partial charge >= 0.3 is 0 Å². The van der Waals surface area contributed by atoms with Gasteiger partial charge < -0.3 is 26.0 Å². The molecule has 9 nitrogen and oxygen atoms in total. The van der Waals surface area contributed by atoms with Crippen LogP contribution in [-0.4, -0.2) is 53.1 Å². The highest BCUT2D eigenvalue weighted by atomic mass is 35.5. The zero-order valence-electron chi connectivity index (χ0n) is 27.0. The van der Waals surface area contributed by atoms with Gasteiger partial charge in [0.15, 0.2) is 0 Å². The van der Waals surface area contributed by atoms with E-state index in [0.29, 0.717) is 60.1 Å². The molecule has 2 aromatic carbocycles. The summed E-state index contributed by atoms with van der Waals surface area (Å²) in [5.74, 6) is 0.767. The fraction of sp³-hybridized carbons (Fsp3) is 0.351. The van der Waals surface area contributed by atoms with Crippen LogP contribution < -0.4 is 26.0 Å². The average molecular weight is 686 g/mol. The molecule has 3 fully saturated rings. The Bertz CT molecular complexity index is 1900. The molecule has 0 radical (unpaired) electrons. The summed E-state index contributed by atoms with van der Waals surface area (Å²) in [5.41, 5.74) is 7.74. The number of carbonyl (C=O) groups is 2. The number of rotatable bonds is 11. The number of aromatic nitrogens is 2. The van der Waals surface area contributed by atoms with E-state index in [0.717, 1.165) is 63.9 Å². The molecule has 0 bridgehead atoms. The van der Waals surface area contributed by atoms with Crippen LogP contribution in [0.15, 0.2) is 60.8 Å². The van der Waals surface area contributed by atoms with Crippen LogP contribution in [-0.2, 0) is 22.7 Å². The van der Waals surface area contributed by atoms with Gasteiger partial charge in [-0.3, -0.25) is 14.6 Å². The van der Waals surface area contributed by atoms with Crippen LogP contribution in [0.3, 0.4) is 0 Å². The first kappa shape index (κ1) is 32.5. The molecule has 2 amide bonds. The summed E-state index contributed by atoms with van der Waals surface area (Å²) >= 11 is 14.2. The molecule has 4 aromatic rings. The lowest BCUT2D eigenvalue weighted by molar-refractivity contribution is -0.120. The largest absolute Gasteiger partial charge is 0.481 e. The Morgan fingerprint density at radius 3 is 2.29 bits per heavy atom. The van der Waals surface area contributed by atoms with Crippen molar-refractivity contribution >= 4 is 35.0 Å². The van der Waals surface area contributed by atoms with Gasteiger partial charge in [-0.2, -0.15) is 0 Å². The van der Waals surface area contributed by atoms with Gasteiger partial charge in [0.05, 0.1) is 34.1 Å². The fourth-order valence-electron chi connectivity index (χ4n) is 6.89. The number of hydrogen-bond donors (Lipinski definition) is 4. The van der Waals surface area contributed by atoms with E-state index < -0.39 is 0 Å². The minimum Gasteiger partial charge on any atom is -0.481 e. The summed E-state index contributed by atoms with van der Waals surface area (Å²) in [4.78, 5) is 32.8. The summed E-state index contributed by atoms with van der Waals surface area (Å²) in [5, 5.41) is 14.2. The van der Waals surface area contributed by atoms with E-state index >= 15 is 0 Å². The number of hydrogen-bond acceptors (Lipinski definition) is 7. The second-order valence-corrected chi connectivity index (χ2v) is 13.7. The van der Waals surface area contributed by atoms with E-state index in [1.165, 1.54) is 0 Å². The van der Waals surface area contributed by atoms with Crippen LogP contribution in [0.2, 0.25) is 10.0 Å². The first-order chi connectivity index (χ1) is 23.2. The molecule has 2 aliphatic heterocycles. The monoisotopic (exact) mass is 684 g/mol. The number of nitrogens with zero attached hydrogens (tertiary/aromatic N) is 2. The molecule has 1 aliphatic carbocycles. The third-order valence-electron chi connectivity index (χ3n) is 9.78. The van der Waals surface area contributed by atoms with Crippen molar-refractivity contribution in [2.75, 3.05) is 13.7 Å². The first-order valence-electron chi connectivity index (χ1n) is 16.4. The molecule has 248 valence electrons. The average Bonchev–Trinajstić information content (AvgIpc) is 3.34. The molecular formula is C37H38Cl2N6O3. The normalized spacial score (nSPS) is 21.4. The Balaban J connectivity index is 1.08. The molecule has 7 rings (SSSR count). The predicted octanol–water partition coefficient (Wildman–Crippen LogP) is 5.98. The molecule has 1 spiro atoms. The quantitative estimate of drug-likeness (QED) is 0.154. The highest BCUT2D eigenvalue weighted by Gasteiger charge is 2.57. The van der Waals surface area contributed by atoms with E-state index in [-0.39, 0.29) is 23.4 Å². The van der Waals surface area contributed by atoms with Crippen molar-refractivity contribution < 1.29 is 14.3 Å². The maximum Gasteiger partial charge on any atom is 0.220 e. The lowest BCUT2D eigenvalue weighted by atomic mass is 9.97. The van der Waals surface area contributed by atoms with Crippen molar-refractivity contribution in [3.05, 3.63) is 87.5 Å². The number of pyridine rings is 2. The zero-order chi connectivity index (χ0) is 33.4. The van der Waals surface area contributed by atoms with Crippen LogP contribution in [0.4, 0.5) is 0 Å². The van der Waals surface area contributed by atoms with Crippen molar-refractivity contribution in [3.8, 4) is 39.5 Å². The molecule has 1 saturated carbocycles. The maximum absolute atomic E-state index is 11.7. The lowest BCUT2D eigenvalue weighted by Crippen LogP contribution is -2.35. The van der Waals surface area contributed by atoms with Crippen LogP contribution in [0.25, 0.3) is 33.6 Å². The third-order valence-corrected chi connectivity index (χ3v) is 10.6. The second kappa shape index (κ2) is 13.5. The maximum atomic E-state index is 11.7. The third kappa shape index (κ3) is 6.52. The van der Waals surface area contributed by atoms with Crippen LogP contribution in [0, 0.1) is 6.92 Å². The molecule has 4 N–H and O–H groups in total. The summed E-state index contributed by atoms with van der Waals surface area (Å²) in [7, 11) is 1.61. The van der Waals surface area contributed by atoms with Crippen molar-refractivity contribution in [1.82, 2.24) is 31.2 Å². The number of ether oxygens (including phenoxy) is 1. The van der Waals surface area contributed by atoms with Crippen LogP contribution in [0.1, 0.15) is 48.8 Å². The van der Waals surface area contributed by atoms with Gasteiger partial charge in [-0.15, -0.1) is 0 Å². The van der Waals surface area contributed by atoms with E-state index in [4.69, 9.17) is 37.9 Å². The van der Waals surface area contributed by atoms with Crippen molar-refractivity contribution in [2.24, 2.45) is 0 Å². The predicted molar refractivity (Wildman–Crippen MR) is 188 cm³/mol. The van der Waals surface area contributed by atoms with Gasteiger partial charge in [0, 0.05) is 78.6 Å². The fourth-order valence-corrected chi connectivity index (χ4v) is 7.54. The SMILES string of the molecule is COc1nc(-c2cccc(-c3cccc(-c4cc(C)c(CNC5CC56CCC(=O)N6)cn4)c3Cl)c2Cl)ccc1CNCC1CCC(=O)N1. The topological polar surface area (TPSA) is 117 Å². The van der Waals surface area contributed by atoms with Gasteiger partial charge in [0.2, 0.25) is 17.7 Å². The highest BCUT2D eigenvalue weighted by molar-refractivity contribution is 6.39. The molecule has 3 unspecified atom stereocenters. The minimum atomic E-state index is -0.0509. The van der Waals surface area contributed by atoms with Gasteiger partial charge in [0.1, 0.15) is 0 Å². The van der Waals surface area contributed by atoms with Gasteiger partial charge in [-0.25, -0.2) is 4.98 Å². The van der Waals surface area contributed by atoms with E-state index in [9.17, 15) is 9.59 Å². The number of nitrogens with one attached hydrogen (secondary N) is 4. The van der Waals surface area contributed by atoms with E-state index in [2.05, 4.69) is 34.3 Å². The summed E-state index contributed by atoms with van der Waals surface area (Å²) in [6, 6.07) is 18.2. The molecule has 2 aromatic heterocycles. The van der Waals surface area contributed by atoms with Gasteiger partial charge in [-0.1, -0.05) is 65.7 Å². The van der Waals surface area contributed by atoms with Gasteiger partial charge in [0.25, 0.3) is 0 Å². The first-order valence-corrected chi connectivity index (χ1v) is 17.1. The number of amides is 2. The standard InChI is InChI=1S/C37H38Cl2N6O3/c1-21-15-30(41-18-23(21)19-42-31-16-37(31)14-13-33(47)45-37)28-8-4-6-26(35(28)39)25-5-3-7-27(34(25)38)29-11-9-22(36(44-29)48-2)17-40-20-24-10-12-32(46)43-24/h3-9,11,15,18,24,31,40,42H,10,12-14,16-17,19-20H2,1-2H3,(H,43,46)(H,45,47). The smallest absolute Gasteiger partial charge is 0.220 e. The molecule has 3 aliphatic rings.